The summed E-state index contributed by atoms with van der Waals surface area (Å²) in [4.78, 5) is 19.2. The van der Waals surface area contributed by atoms with E-state index in [1.165, 1.54) is 12.1 Å². The van der Waals surface area contributed by atoms with Gasteiger partial charge < -0.3 is 0 Å². The van der Waals surface area contributed by atoms with Crippen LogP contribution >= 0.6 is 0 Å². The van der Waals surface area contributed by atoms with E-state index in [0.29, 0.717) is 5.69 Å². The minimum absolute atomic E-state index is 0.0603. The maximum absolute atomic E-state index is 10.8. The molecule has 0 amide bonds. The SMILES string of the molecule is Cc1ccccc1-c1nccnc1-c1ccc([N+](=O)[O-])cc1. The molecule has 0 saturated heterocycles. The maximum atomic E-state index is 10.8. The van der Waals surface area contributed by atoms with E-state index in [1.54, 1.807) is 24.5 Å². The lowest BCUT2D eigenvalue weighted by atomic mass is 10.0. The van der Waals surface area contributed by atoms with Crippen LogP contribution in [0.5, 0.6) is 0 Å². The van der Waals surface area contributed by atoms with E-state index in [4.69, 9.17) is 0 Å². The molecule has 0 aliphatic rings. The molecule has 0 aliphatic carbocycles. The second kappa shape index (κ2) is 5.73. The first-order valence-electron chi connectivity index (χ1n) is 6.78. The van der Waals surface area contributed by atoms with Gasteiger partial charge in [-0.05, 0) is 24.6 Å². The van der Waals surface area contributed by atoms with Gasteiger partial charge in [-0.1, -0.05) is 24.3 Å². The van der Waals surface area contributed by atoms with Crippen LogP contribution in [0.25, 0.3) is 22.5 Å². The molecule has 0 saturated carbocycles. The van der Waals surface area contributed by atoms with Crippen LogP contribution in [0.1, 0.15) is 5.56 Å². The number of aryl methyl sites for hydroxylation is 1. The number of nitrogens with zero attached hydrogens (tertiary/aromatic N) is 3. The molecule has 0 fully saturated rings. The molecule has 22 heavy (non-hydrogen) atoms. The Labute approximate surface area is 127 Å². The van der Waals surface area contributed by atoms with Crippen LogP contribution < -0.4 is 0 Å². The highest BCUT2D eigenvalue weighted by Gasteiger charge is 2.13. The molecule has 108 valence electrons. The van der Waals surface area contributed by atoms with Crippen LogP contribution in [0, 0.1) is 17.0 Å². The first-order valence-corrected chi connectivity index (χ1v) is 6.78. The molecule has 1 aromatic heterocycles. The van der Waals surface area contributed by atoms with E-state index in [1.807, 2.05) is 31.2 Å². The average molecular weight is 291 g/mol. The van der Waals surface area contributed by atoms with Gasteiger partial charge in [0.2, 0.25) is 0 Å². The van der Waals surface area contributed by atoms with Crippen molar-refractivity contribution in [2.75, 3.05) is 0 Å². The molecule has 0 spiro atoms. The average Bonchev–Trinajstić information content (AvgIpc) is 2.55. The zero-order valence-corrected chi connectivity index (χ0v) is 11.9. The third-order valence-electron chi connectivity index (χ3n) is 3.45. The Morgan fingerprint density at radius 3 is 2.18 bits per heavy atom. The minimum atomic E-state index is -0.414. The van der Waals surface area contributed by atoms with Crippen molar-refractivity contribution in [3.63, 3.8) is 0 Å². The van der Waals surface area contributed by atoms with Crippen molar-refractivity contribution in [2.45, 2.75) is 6.92 Å². The number of benzene rings is 2. The highest BCUT2D eigenvalue weighted by atomic mass is 16.6. The third kappa shape index (κ3) is 2.56. The summed E-state index contributed by atoms with van der Waals surface area (Å²) in [7, 11) is 0. The fourth-order valence-corrected chi connectivity index (χ4v) is 2.33. The molecule has 5 heteroatoms. The molecule has 1 heterocycles. The highest BCUT2D eigenvalue weighted by molar-refractivity contribution is 5.79. The molecule has 0 atom stereocenters. The predicted molar refractivity (Wildman–Crippen MR) is 84.3 cm³/mol. The first kappa shape index (κ1) is 13.9. The Kier molecular flexibility index (Phi) is 3.62. The Morgan fingerprint density at radius 1 is 0.909 bits per heavy atom. The number of non-ortho nitro benzene ring substituents is 1. The van der Waals surface area contributed by atoms with Crippen LogP contribution in [0.4, 0.5) is 5.69 Å². The summed E-state index contributed by atoms with van der Waals surface area (Å²) in [6, 6.07) is 14.3. The van der Waals surface area contributed by atoms with Gasteiger partial charge in [0.25, 0.3) is 5.69 Å². The van der Waals surface area contributed by atoms with Crippen molar-refractivity contribution >= 4 is 5.69 Å². The highest BCUT2D eigenvalue weighted by Crippen LogP contribution is 2.30. The summed E-state index contributed by atoms with van der Waals surface area (Å²) in [6.07, 6.45) is 3.27. The third-order valence-corrected chi connectivity index (χ3v) is 3.45. The van der Waals surface area contributed by atoms with Crippen LogP contribution in [-0.2, 0) is 0 Å². The lowest BCUT2D eigenvalue weighted by Crippen LogP contribution is -1.94. The van der Waals surface area contributed by atoms with Gasteiger partial charge in [0.15, 0.2) is 0 Å². The number of hydrogen-bond donors (Lipinski definition) is 0. The van der Waals surface area contributed by atoms with E-state index in [9.17, 15) is 10.1 Å². The van der Waals surface area contributed by atoms with Gasteiger partial charge in [-0.15, -0.1) is 0 Å². The molecular formula is C17H13N3O2. The summed E-state index contributed by atoms with van der Waals surface area (Å²) < 4.78 is 0. The largest absolute Gasteiger partial charge is 0.269 e. The summed E-state index contributed by atoms with van der Waals surface area (Å²) in [6.45, 7) is 2.02. The molecule has 5 nitrogen and oxygen atoms in total. The van der Waals surface area contributed by atoms with E-state index in [-0.39, 0.29) is 5.69 Å². The summed E-state index contributed by atoms with van der Waals surface area (Å²) >= 11 is 0. The number of nitro groups is 1. The normalized spacial score (nSPS) is 10.4. The molecule has 0 N–H and O–H groups in total. The van der Waals surface area contributed by atoms with Crippen LogP contribution in [0.15, 0.2) is 60.9 Å². The Bertz CT molecular complexity index is 829. The second-order valence-corrected chi connectivity index (χ2v) is 4.87. The Hall–Kier alpha value is -3.08. The summed E-state index contributed by atoms with van der Waals surface area (Å²) in [5.41, 5.74) is 4.46. The Balaban J connectivity index is 2.13. The molecular weight excluding hydrogens is 278 g/mol. The van der Waals surface area contributed by atoms with Crippen molar-refractivity contribution in [1.82, 2.24) is 9.97 Å². The topological polar surface area (TPSA) is 68.9 Å². The van der Waals surface area contributed by atoms with E-state index in [0.717, 1.165) is 22.4 Å². The Morgan fingerprint density at radius 2 is 1.55 bits per heavy atom. The van der Waals surface area contributed by atoms with Gasteiger partial charge in [-0.3, -0.25) is 20.1 Å². The van der Waals surface area contributed by atoms with Crippen molar-refractivity contribution in [3.8, 4) is 22.5 Å². The van der Waals surface area contributed by atoms with Gasteiger partial charge in [0, 0.05) is 35.7 Å². The van der Waals surface area contributed by atoms with E-state index < -0.39 is 4.92 Å². The van der Waals surface area contributed by atoms with Gasteiger partial charge in [-0.2, -0.15) is 0 Å². The smallest absolute Gasteiger partial charge is 0.258 e. The fraction of sp³-hybridized carbons (Fsp3) is 0.0588. The van der Waals surface area contributed by atoms with Crippen LogP contribution in [0.2, 0.25) is 0 Å². The van der Waals surface area contributed by atoms with Crippen molar-refractivity contribution in [3.05, 3.63) is 76.6 Å². The predicted octanol–water partition coefficient (Wildman–Crippen LogP) is 4.03. The first-order chi connectivity index (χ1) is 10.7. The number of nitro benzene ring substituents is 1. The lowest BCUT2D eigenvalue weighted by molar-refractivity contribution is -0.384. The molecule has 3 rings (SSSR count). The van der Waals surface area contributed by atoms with Gasteiger partial charge in [0.1, 0.15) is 0 Å². The summed E-state index contributed by atoms with van der Waals surface area (Å²) in [5, 5.41) is 10.8. The number of hydrogen-bond acceptors (Lipinski definition) is 4. The molecule has 0 unspecified atom stereocenters. The zero-order chi connectivity index (χ0) is 15.5. The standard InChI is InChI=1S/C17H13N3O2/c1-12-4-2-3-5-15(12)17-16(18-10-11-19-17)13-6-8-14(9-7-13)20(21)22/h2-11H,1H3. The fourth-order valence-electron chi connectivity index (χ4n) is 2.33. The zero-order valence-electron chi connectivity index (χ0n) is 11.9. The lowest BCUT2D eigenvalue weighted by Gasteiger charge is -2.09. The molecule has 0 bridgehead atoms. The monoisotopic (exact) mass is 291 g/mol. The van der Waals surface area contributed by atoms with Gasteiger partial charge >= 0.3 is 0 Å². The van der Waals surface area contributed by atoms with Gasteiger partial charge in [0.05, 0.1) is 16.3 Å². The van der Waals surface area contributed by atoms with E-state index >= 15 is 0 Å². The van der Waals surface area contributed by atoms with E-state index in [2.05, 4.69) is 9.97 Å². The van der Waals surface area contributed by atoms with Crippen molar-refractivity contribution < 1.29 is 4.92 Å². The minimum Gasteiger partial charge on any atom is -0.258 e. The molecule has 0 radical (unpaired) electrons. The summed E-state index contributed by atoms with van der Waals surface area (Å²) in [5.74, 6) is 0. The number of aromatic nitrogens is 2. The molecule has 3 aromatic rings. The van der Waals surface area contributed by atoms with Crippen LogP contribution in [0.3, 0.4) is 0 Å². The van der Waals surface area contributed by atoms with Crippen molar-refractivity contribution in [2.24, 2.45) is 0 Å². The molecule has 0 aliphatic heterocycles. The second-order valence-electron chi connectivity index (χ2n) is 4.87. The number of rotatable bonds is 3. The van der Waals surface area contributed by atoms with Crippen LogP contribution in [-0.4, -0.2) is 14.9 Å². The molecule has 2 aromatic carbocycles. The van der Waals surface area contributed by atoms with Gasteiger partial charge in [-0.25, -0.2) is 0 Å². The maximum Gasteiger partial charge on any atom is 0.269 e. The van der Waals surface area contributed by atoms with Crippen molar-refractivity contribution in [1.29, 1.82) is 0 Å². The quantitative estimate of drug-likeness (QED) is 0.539.